The lowest BCUT2D eigenvalue weighted by atomic mass is 10.0. The summed E-state index contributed by atoms with van der Waals surface area (Å²) in [5.74, 6) is 1.61. The Hall–Kier alpha value is -0.790. The van der Waals surface area contributed by atoms with E-state index < -0.39 is 0 Å². The van der Waals surface area contributed by atoms with E-state index in [-0.39, 0.29) is 0 Å². The molecule has 0 saturated carbocycles. The minimum absolute atomic E-state index is 1.22. The molecule has 200 valence electrons. The number of imidazole rings is 1. The van der Waals surface area contributed by atoms with Crippen molar-refractivity contribution in [1.82, 2.24) is 4.57 Å². The van der Waals surface area contributed by atoms with Crippen molar-refractivity contribution in [2.45, 2.75) is 188 Å². The van der Waals surface area contributed by atoms with E-state index in [0.717, 1.165) is 0 Å². The molecule has 0 N–H and O–H groups in total. The second-order valence-corrected chi connectivity index (χ2v) is 10.9. The Morgan fingerprint density at radius 3 is 1.41 bits per heavy atom. The Morgan fingerprint density at radius 1 is 0.500 bits per heavy atom. The fourth-order valence-corrected chi connectivity index (χ4v) is 5.26. The summed E-state index contributed by atoms with van der Waals surface area (Å²) in [5.41, 5.74) is 0. The zero-order valence-corrected chi connectivity index (χ0v) is 23.9. The highest BCUT2D eigenvalue weighted by molar-refractivity contribution is 4.84. The molecule has 1 heterocycles. The van der Waals surface area contributed by atoms with E-state index in [0.29, 0.717) is 0 Å². The summed E-state index contributed by atoms with van der Waals surface area (Å²) in [6.07, 6.45) is 38.5. The highest BCUT2D eigenvalue weighted by atomic mass is 15.1. The van der Waals surface area contributed by atoms with Crippen molar-refractivity contribution in [1.29, 1.82) is 0 Å². The SMILES string of the molecule is CCCCCCCCCCCCCCc1n(CCCCCC)cc[n+]1CCCCCCCCC. The van der Waals surface area contributed by atoms with Crippen molar-refractivity contribution in [2.75, 3.05) is 0 Å². The van der Waals surface area contributed by atoms with E-state index in [2.05, 4.69) is 42.3 Å². The largest absolute Gasteiger partial charge is 0.256 e. The van der Waals surface area contributed by atoms with Crippen molar-refractivity contribution < 1.29 is 4.57 Å². The van der Waals surface area contributed by atoms with Crippen LogP contribution in [0.15, 0.2) is 12.4 Å². The fraction of sp³-hybridized carbons (Fsp3) is 0.906. The van der Waals surface area contributed by atoms with Crippen molar-refractivity contribution in [3.8, 4) is 0 Å². The lowest BCUT2D eigenvalue weighted by Crippen LogP contribution is -2.37. The van der Waals surface area contributed by atoms with Gasteiger partial charge in [-0.3, -0.25) is 0 Å². The summed E-state index contributed by atoms with van der Waals surface area (Å²) in [6, 6.07) is 0. The molecule has 1 aromatic heterocycles. The van der Waals surface area contributed by atoms with Crippen LogP contribution in [0.3, 0.4) is 0 Å². The molecule has 0 aliphatic carbocycles. The first-order chi connectivity index (χ1) is 16.8. The summed E-state index contributed by atoms with van der Waals surface area (Å²) >= 11 is 0. The first-order valence-electron chi connectivity index (χ1n) is 15.9. The summed E-state index contributed by atoms with van der Waals surface area (Å²) in [6.45, 7) is 9.37. The molecule has 0 bridgehead atoms. The van der Waals surface area contributed by atoms with E-state index in [9.17, 15) is 0 Å². The molecule has 34 heavy (non-hydrogen) atoms. The molecule has 0 aliphatic heterocycles. The molecule has 1 aromatic rings. The van der Waals surface area contributed by atoms with Crippen LogP contribution in [-0.2, 0) is 19.5 Å². The third-order valence-electron chi connectivity index (χ3n) is 7.60. The van der Waals surface area contributed by atoms with Crippen LogP contribution < -0.4 is 4.57 Å². The van der Waals surface area contributed by atoms with Gasteiger partial charge in [0.15, 0.2) is 0 Å². The maximum atomic E-state index is 2.60. The molecule has 0 amide bonds. The Kier molecular flexibility index (Phi) is 22.0. The van der Waals surface area contributed by atoms with Gasteiger partial charge in [0, 0.05) is 6.42 Å². The van der Waals surface area contributed by atoms with Crippen molar-refractivity contribution in [2.24, 2.45) is 0 Å². The van der Waals surface area contributed by atoms with Gasteiger partial charge in [-0.2, -0.15) is 0 Å². The smallest absolute Gasteiger partial charge is 0.234 e. The molecule has 0 aromatic carbocycles. The topological polar surface area (TPSA) is 8.81 Å². The van der Waals surface area contributed by atoms with Gasteiger partial charge in [0.05, 0.1) is 13.1 Å². The predicted molar refractivity (Wildman–Crippen MR) is 152 cm³/mol. The molecule has 0 fully saturated rings. The van der Waals surface area contributed by atoms with Gasteiger partial charge in [-0.15, -0.1) is 0 Å². The van der Waals surface area contributed by atoms with Gasteiger partial charge in [0.2, 0.25) is 0 Å². The van der Waals surface area contributed by atoms with E-state index in [1.54, 1.807) is 5.82 Å². The quantitative estimate of drug-likeness (QED) is 0.0930. The zero-order chi connectivity index (χ0) is 24.5. The molecule has 2 nitrogen and oxygen atoms in total. The monoisotopic (exact) mass is 475 g/mol. The summed E-state index contributed by atoms with van der Waals surface area (Å²) in [5, 5.41) is 0. The predicted octanol–water partition coefficient (Wildman–Crippen LogP) is 10.4. The summed E-state index contributed by atoms with van der Waals surface area (Å²) in [7, 11) is 0. The Balaban J connectivity index is 2.27. The minimum atomic E-state index is 1.22. The van der Waals surface area contributed by atoms with Gasteiger partial charge < -0.3 is 0 Å². The minimum Gasteiger partial charge on any atom is -0.234 e. The van der Waals surface area contributed by atoms with Crippen LogP contribution >= 0.6 is 0 Å². The van der Waals surface area contributed by atoms with E-state index in [1.807, 2.05) is 0 Å². The van der Waals surface area contributed by atoms with E-state index in [1.165, 1.54) is 167 Å². The molecule has 0 saturated heterocycles. The lowest BCUT2D eigenvalue weighted by Gasteiger charge is -2.07. The zero-order valence-electron chi connectivity index (χ0n) is 23.9. The van der Waals surface area contributed by atoms with Gasteiger partial charge in [0.1, 0.15) is 12.4 Å². The molecule has 0 unspecified atom stereocenters. The van der Waals surface area contributed by atoms with Crippen LogP contribution in [0.1, 0.15) is 174 Å². The highest BCUT2D eigenvalue weighted by Gasteiger charge is 2.16. The highest BCUT2D eigenvalue weighted by Crippen LogP contribution is 2.14. The molecule has 1 rings (SSSR count). The van der Waals surface area contributed by atoms with Gasteiger partial charge >= 0.3 is 0 Å². The maximum absolute atomic E-state index is 2.60. The fourth-order valence-electron chi connectivity index (χ4n) is 5.26. The van der Waals surface area contributed by atoms with Crippen LogP contribution in [0.4, 0.5) is 0 Å². The Labute approximate surface area is 215 Å². The van der Waals surface area contributed by atoms with Crippen LogP contribution in [-0.4, -0.2) is 4.57 Å². The molecule has 0 spiro atoms. The summed E-state index contributed by atoms with van der Waals surface area (Å²) < 4.78 is 5.19. The standard InChI is InChI=1S/C32H63N2/c1-4-7-10-13-15-16-17-18-19-20-22-24-27-32-33(28-25-12-9-6-3)30-31-34(32)29-26-23-21-14-11-8-5-2/h30-31H,4-29H2,1-3H3/q+1. The average Bonchev–Trinajstić information content (AvgIpc) is 3.23. The van der Waals surface area contributed by atoms with E-state index >= 15 is 0 Å². The molecule has 0 radical (unpaired) electrons. The van der Waals surface area contributed by atoms with Crippen molar-refractivity contribution in [3.63, 3.8) is 0 Å². The van der Waals surface area contributed by atoms with Crippen molar-refractivity contribution in [3.05, 3.63) is 18.2 Å². The molecule has 0 atom stereocenters. The van der Waals surface area contributed by atoms with Crippen LogP contribution in [0.2, 0.25) is 0 Å². The van der Waals surface area contributed by atoms with Crippen LogP contribution in [0, 0.1) is 0 Å². The van der Waals surface area contributed by atoms with E-state index in [4.69, 9.17) is 0 Å². The Morgan fingerprint density at radius 2 is 0.912 bits per heavy atom. The number of aromatic nitrogens is 2. The van der Waals surface area contributed by atoms with Gasteiger partial charge in [0.25, 0.3) is 5.82 Å². The van der Waals surface area contributed by atoms with Crippen LogP contribution in [0.5, 0.6) is 0 Å². The third kappa shape index (κ3) is 16.8. The first kappa shape index (κ1) is 31.2. The Bertz CT molecular complexity index is 533. The third-order valence-corrected chi connectivity index (χ3v) is 7.60. The molecule has 2 heteroatoms. The normalized spacial score (nSPS) is 11.5. The lowest BCUT2D eigenvalue weighted by molar-refractivity contribution is -0.704. The number of nitrogens with zero attached hydrogens (tertiary/aromatic N) is 2. The molecular formula is C32H63N2+. The second kappa shape index (κ2) is 23.9. The van der Waals surface area contributed by atoms with Gasteiger partial charge in [-0.05, 0) is 32.1 Å². The van der Waals surface area contributed by atoms with Gasteiger partial charge in [-0.1, -0.05) is 136 Å². The summed E-state index contributed by atoms with van der Waals surface area (Å²) in [4.78, 5) is 0. The van der Waals surface area contributed by atoms with Crippen molar-refractivity contribution >= 4 is 0 Å². The number of rotatable bonds is 26. The van der Waals surface area contributed by atoms with Crippen LogP contribution in [0.25, 0.3) is 0 Å². The first-order valence-corrected chi connectivity index (χ1v) is 15.9. The second-order valence-electron chi connectivity index (χ2n) is 10.9. The molecular weight excluding hydrogens is 412 g/mol. The average molecular weight is 476 g/mol. The van der Waals surface area contributed by atoms with Gasteiger partial charge in [-0.25, -0.2) is 9.13 Å². The molecule has 0 aliphatic rings. The number of hydrogen-bond acceptors (Lipinski definition) is 0. The number of aryl methyl sites for hydroxylation is 2. The number of hydrogen-bond donors (Lipinski definition) is 0. The maximum Gasteiger partial charge on any atom is 0.256 e. The number of unbranched alkanes of at least 4 members (excludes halogenated alkanes) is 20.